The van der Waals surface area contributed by atoms with E-state index >= 15 is 0 Å². The van der Waals surface area contributed by atoms with E-state index in [2.05, 4.69) is 10.3 Å². The second-order valence-electron chi connectivity index (χ2n) is 6.08. The van der Waals surface area contributed by atoms with Crippen molar-refractivity contribution in [2.75, 3.05) is 6.61 Å². The molecule has 5 nitrogen and oxygen atoms in total. The van der Waals surface area contributed by atoms with Gasteiger partial charge >= 0.3 is 0 Å². The van der Waals surface area contributed by atoms with Gasteiger partial charge in [0.15, 0.2) is 17.8 Å². The molecule has 1 atom stereocenters. The van der Waals surface area contributed by atoms with Gasteiger partial charge in [-0.3, -0.25) is 4.79 Å². The van der Waals surface area contributed by atoms with Gasteiger partial charge in [-0.25, -0.2) is 4.98 Å². The summed E-state index contributed by atoms with van der Waals surface area (Å²) in [7, 11) is 0. The zero-order valence-electron chi connectivity index (χ0n) is 12.5. The second kappa shape index (κ2) is 7.07. The first-order valence-electron chi connectivity index (χ1n) is 8.20. The fraction of sp³-hybridized carbons (Fsp3) is 0.750. The lowest BCUT2D eigenvalue weighted by atomic mass is 9.96. The van der Waals surface area contributed by atoms with Gasteiger partial charge in [-0.2, -0.15) is 0 Å². The van der Waals surface area contributed by atoms with Crippen LogP contribution in [0.4, 0.5) is 0 Å². The van der Waals surface area contributed by atoms with E-state index in [0.717, 1.165) is 32.3 Å². The highest BCUT2D eigenvalue weighted by Crippen LogP contribution is 2.30. The van der Waals surface area contributed by atoms with Gasteiger partial charge in [-0.15, -0.1) is 0 Å². The van der Waals surface area contributed by atoms with Crippen molar-refractivity contribution in [2.24, 2.45) is 0 Å². The molecule has 2 fully saturated rings. The molecule has 1 aromatic heterocycles. The highest BCUT2D eigenvalue weighted by Gasteiger charge is 2.28. The van der Waals surface area contributed by atoms with Gasteiger partial charge in [-0.1, -0.05) is 32.1 Å². The number of carbonyl (C=O) groups is 1. The van der Waals surface area contributed by atoms with Crippen LogP contribution in [-0.4, -0.2) is 23.5 Å². The standard InChI is InChI=1S/C16H24N2O3/c19-16(18-12-7-4-2-1-3-5-8-12)14-15(21-11-17-14)13-9-6-10-20-13/h11-13H,1-10H2,(H,18,19)/t13-/m1/s1. The number of carbonyl (C=O) groups excluding carboxylic acids is 1. The summed E-state index contributed by atoms with van der Waals surface area (Å²) in [5.41, 5.74) is 0.406. The number of aromatic nitrogens is 1. The molecule has 1 aliphatic carbocycles. The van der Waals surface area contributed by atoms with Gasteiger partial charge in [0.2, 0.25) is 0 Å². The molecule has 0 bridgehead atoms. The molecule has 2 aliphatic rings. The third-order valence-electron chi connectivity index (χ3n) is 4.47. The van der Waals surface area contributed by atoms with E-state index in [0.29, 0.717) is 11.5 Å². The van der Waals surface area contributed by atoms with Gasteiger partial charge < -0.3 is 14.5 Å². The van der Waals surface area contributed by atoms with Gasteiger partial charge in [0.1, 0.15) is 6.10 Å². The second-order valence-corrected chi connectivity index (χ2v) is 6.08. The van der Waals surface area contributed by atoms with Crippen LogP contribution in [0.15, 0.2) is 10.8 Å². The van der Waals surface area contributed by atoms with Crippen LogP contribution in [-0.2, 0) is 4.74 Å². The summed E-state index contributed by atoms with van der Waals surface area (Å²) in [6.07, 6.45) is 11.6. The zero-order valence-corrected chi connectivity index (χ0v) is 12.5. The maximum absolute atomic E-state index is 12.5. The number of oxazole rings is 1. The monoisotopic (exact) mass is 292 g/mol. The SMILES string of the molecule is O=C(NC1CCCCCCC1)c1ncoc1[C@H]1CCCO1. The summed E-state index contributed by atoms with van der Waals surface area (Å²) in [6, 6.07) is 0.270. The predicted octanol–water partition coefficient (Wildman–Crippen LogP) is 3.37. The van der Waals surface area contributed by atoms with Gasteiger partial charge in [0, 0.05) is 12.6 Å². The number of hydrogen-bond acceptors (Lipinski definition) is 4. The molecule has 1 saturated carbocycles. The topological polar surface area (TPSA) is 64.4 Å². The number of nitrogens with zero attached hydrogens (tertiary/aromatic N) is 1. The summed E-state index contributed by atoms with van der Waals surface area (Å²) in [5, 5.41) is 3.14. The average Bonchev–Trinajstić information content (AvgIpc) is 3.10. The molecule has 21 heavy (non-hydrogen) atoms. The lowest BCUT2D eigenvalue weighted by Gasteiger charge is -2.20. The quantitative estimate of drug-likeness (QED) is 0.927. The molecular weight excluding hydrogens is 268 g/mol. The fourth-order valence-electron chi connectivity index (χ4n) is 3.29. The van der Waals surface area contributed by atoms with E-state index in [1.165, 1.54) is 38.5 Å². The molecule has 116 valence electrons. The van der Waals surface area contributed by atoms with Crippen molar-refractivity contribution < 1.29 is 13.9 Å². The van der Waals surface area contributed by atoms with Crippen LogP contribution >= 0.6 is 0 Å². The number of amides is 1. The Balaban J connectivity index is 1.63. The minimum Gasteiger partial charge on any atom is -0.445 e. The number of rotatable bonds is 3. The van der Waals surface area contributed by atoms with E-state index in [1.54, 1.807) is 0 Å². The Morgan fingerprint density at radius 3 is 2.57 bits per heavy atom. The van der Waals surface area contributed by atoms with Crippen LogP contribution in [0.3, 0.4) is 0 Å². The van der Waals surface area contributed by atoms with E-state index in [-0.39, 0.29) is 18.1 Å². The molecule has 0 unspecified atom stereocenters. The molecule has 1 N–H and O–H groups in total. The number of nitrogens with one attached hydrogen (secondary N) is 1. The van der Waals surface area contributed by atoms with Crippen LogP contribution in [0.2, 0.25) is 0 Å². The molecule has 2 heterocycles. The van der Waals surface area contributed by atoms with Crippen LogP contribution < -0.4 is 5.32 Å². The first-order valence-corrected chi connectivity index (χ1v) is 8.20. The van der Waals surface area contributed by atoms with Gasteiger partial charge in [0.25, 0.3) is 5.91 Å². The molecule has 3 rings (SSSR count). The molecule has 1 amide bonds. The fourth-order valence-corrected chi connectivity index (χ4v) is 3.29. The largest absolute Gasteiger partial charge is 0.445 e. The zero-order chi connectivity index (χ0) is 14.5. The molecule has 0 spiro atoms. The summed E-state index contributed by atoms with van der Waals surface area (Å²) in [5.74, 6) is 0.482. The highest BCUT2D eigenvalue weighted by atomic mass is 16.5. The van der Waals surface area contributed by atoms with E-state index in [9.17, 15) is 4.79 Å². The van der Waals surface area contributed by atoms with Crippen molar-refractivity contribution in [3.63, 3.8) is 0 Å². The molecule has 1 aromatic rings. The van der Waals surface area contributed by atoms with Crippen molar-refractivity contribution in [3.05, 3.63) is 17.8 Å². The molecule has 1 aliphatic heterocycles. The molecule has 0 radical (unpaired) electrons. The summed E-state index contributed by atoms with van der Waals surface area (Å²) < 4.78 is 11.0. The third kappa shape index (κ3) is 3.64. The van der Waals surface area contributed by atoms with Crippen LogP contribution in [0.1, 0.15) is 80.1 Å². The van der Waals surface area contributed by atoms with Crippen molar-refractivity contribution >= 4 is 5.91 Å². The minimum atomic E-state index is -0.111. The molecule has 0 aromatic carbocycles. The predicted molar refractivity (Wildman–Crippen MR) is 78.0 cm³/mol. The van der Waals surface area contributed by atoms with Crippen molar-refractivity contribution in [3.8, 4) is 0 Å². The average molecular weight is 292 g/mol. The maximum Gasteiger partial charge on any atom is 0.273 e. The lowest BCUT2D eigenvalue weighted by Crippen LogP contribution is -2.36. The third-order valence-corrected chi connectivity index (χ3v) is 4.47. The van der Waals surface area contributed by atoms with E-state index in [4.69, 9.17) is 9.15 Å². The lowest BCUT2D eigenvalue weighted by molar-refractivity contribution is 0.0849. The summed E-state index contributed by atoms with van der Waals surface area (Å²) in [4.78, 5) is 16.6. The number of hydrogen-bond donors (Lipinski definition) is 1. The smallest absolute Gasteiger partial charge is 0.273 e. The molecular formula is C16H24N2O3. The van der Waals surface area contributed by atoms with Crippen molar-refractivity contribution in [1.29, 1.82) is 0 Å². The Kier molecular flexibility index (Phi) is 4.91. The minimum absolute atomic E-state index is 0.106. The normalized spacial score (nSPS) is 24.5. The summed E-state index contributed by atoms with van der Waals surface area (Å²) in [6.45, 7) is 0.731. The maximum atomic E-state index is 12.5. The van der Waals surface area contributed by atoms with Gasteiger partial charge in [-0.05, 0) is 25.7 Å². The first-order chi connectivity index (χ1) is 10.3. The van der Waals surface area contributed by atoms with Crippen molar-refractivity contribution in [2.45, 2.75) is 69.9 Å². The Hall–Kier alpha value is -1.36. The highest BCUT2D eigenvalue weighted by molar-refractivity contribution is 5.93. The molecule has 1 saturated heterocycles. The first kappa shape index (κ1) is 14.6. The van der Waals surface area contributed by atoms with E-state index < -0.39 is 0 Å². The summed E-state index contributed by atoms with van der Waals surface area (Å²) >= 11 is 0. The Labute approximate surface area is 125 Å². The Morgan fingerprint density at radius 2 is 1.86 bits per heavy atom. The Bertz CT molecular complexity index is 458. The van der Waals surface area contributed by atoms with Crippen LogP contribution in [0, 0.1) is 0 Å². The van der Waals surface area contributed by atoms with Gasteiger partial charge in [0.05, 0.1) is 0 Å². The number of ether oxygens (including phenoxy) is 1. The van der Waals surface area contributed by atoms with E-state index in [1.807, 2.05) is 0 Å². The molecule has 5 heteroatoms. The van der Waals surface area contributed by atoms with Crippen LogP contribution in [0.25, 0.3) is 0 Å². The van der Waals surface area contributed by atoms with Crippen LogP contribution in [0.5, 0.6) is 0 Å². The Morgan fingerprint density at radius 1 is 1.10 bits per heavy atom. The van der Waals surface area contributed by atoms with Crippen molar-refractivity contribution in [1.82, 2.24) is 10.3 Å².